The fourth-order valence-corrected chi connectivity index (χ4v) is 4.27. The molecular formula is C24H24N2O4. The van der Waals surface area contributed by atoms with Gasteiger partial charge in [-0.15, -0.1) is 0 Å². The molecule has 0 fully saturated rings. The number of carbonyl (C=O) groups is 1. The van der Waals surface area contributed by atoms with Crippen LogP contribution in [0.5, 0.6) is 11.5 Å². The van der Waals surface area contributed by atoms with Gasteiger partial charge in [0.05, 0.1) is 17.7 Å². The number of Topliss-reactive ketones (excluding diaryl/α,β-unsaturated/α-hetero) is 1. The molecule has 0 bridgehead atoms. The highest BCUT2D eigenvalue weighted by atomic mass is 16.5. The van der Waals surface area contributed by atoms with E-state index in [1.807, 2.05) is 44.4 Å². The van der Waals surface area contributed by atoms with Gasteiger partial charge in [-0.05, 0) is 30.7 Å². The summed E-state index contributed by atoms with van der Waals surface area (Å²) in [5.41, 5.74) is 4.52. The number of methoxy groups -OCH3 is 1. The van der Waals surface area contributed by atoms with Crippen molar-refractivity contribution in [2.45, 2.75) is 13.5 Å². The lowest BCUT2D eigenvalue weighted by Crippen LogP contribution is -2.34. The summed E-state index contributed by atoms with van der Waals surface area (Å²) < 4.78 is 19.4. The Morgan fingerprint density at radius 3 is 2.93 bits per heavy atom. The highest BCUT2D eigenvalue weighted by molar-refractivity contribution is 6.16. The molecule has 1 aromatic heterocycles. The van der Waals surface area contributed by atoms with Crippen LogP contribution >= 0.6 is 0 Å². The van der Waals surface area contributed by atoms with Crippen molar-refractivity contribution >= 4 is 22.8 Å². The minimum Gasteiger partial charge on any atom is -0.478 e. The summed E-state index contributed by atoms with van der Waals surface area (Å²) in [4.78, 5) is 15.4. The minimum absolute atomic E-state index is 0.0766. The van der Waals surface area contributed by atoms with Crippen LogP contribution in [0.1, 0.15) is 27.0 Å². The van der Waals surface area contributed by atoms with Crippen molar-refractivity contribution in [1.82, 2.24) is 9.47 Å². The predicted octanol–water partition coefficient (Wildman–Crippen LogP) is 3.90. The lowest BCUT2D eigenvalue weighted by Gasteiger charge is -2.29. The van der Waals surface area contributed by atoms with Crippen LogP contribution in [0.25, 0.3) is 17.0 Å². The summed E-state index contributed by atoms with van der Waals surface area (Å²) in [7, 11) is 3.69. The molecule has 6 heteroatoms. The molecule has 3 heterocycles. The summed E-state index contributed by atoms with van der Waals surface area (Å²) >= 11 is 0. The van der Waals surface area contributed by atoms with Gasteiger partial charge in [0.1, 0.15) is 18.2 Å². The Morgan fingerprint density at radius 1 is 1.27 bits per heavy atom. The molecule has 0 saturated heterocycles. The van der Waals surface area contributed by atoms with E-state index >= 15 is 0 Å². The number of rotatable bonds is 4. The summed E-state index contributed by atoms with van der Waals surface area (Å²) in [6.45, 7) is 4.48. The van der Waals surface area contributed by atoms with Gasteiger partial charge in [-0.3, -0.25) is 9.69 Å². The van der Waals surface area contributed by atoms with Crippen LogP contribution in [0.3, 0.4) is 0 Å². The standard InChI is InChI=1S/C24H24N2O4/c1-15-10-20-18(13-26(14-29-20)8-9-28-3)24-22(15)23(27)21(30-24)11-16-12-25(2)19-7-5-4-6-17(16)19/h4-7,10-12H,8-9,13-14H2,1-3H3/b21-11-. The van der Waals surface area contributed by atoms with Crippen molar-refractivity contribution in [3.63, 3.8) is 0 Å². The van der Waals surface area contributed by atoms with Crippen LogP contribution in [0.15, 0.2) is 42.3 Å². The summed E-state index contributed by atoms with van der Waals surface area (Å²) in [6, 6.07) is 10.1. The Hall–Kier alpha value is -3.09. The van der Waals surface area contributed by atoms with Gasteiger partial charge in [0.25, 0.3) is 0 Å². The van der Waals surface area contributed by atoms with Gasteiger partial charge in [-0.1, -0.05) is 18.2 Å². The lowest BCUT2D eigenvalue weighted by atomic mass is 9.98. The highest BCUT2D eigenvalue weighted by Gasteiger charge is 2.35. The summed E-state index contributed by atoms with van der Waals surface area (Å²) in [5, 5.41) is 1.09. The third-order valence-corrected chi connectivity index (χ3v) is 5.81. The maximum absolute atomic E-state index is 13.2. The summed E-state index contributed by atoms with van der Waals surface area (Å²) in [6.07, 6.45) is 3.87. The SMILES string of the molecule is COCCN1COc2cc(C)c3c(c2C1)O/C(=C\c1cn(C)c2ccccc12)C3=O. The molecule has 0 spiro atoms. The Labute approximate surface area is 175 Å². The number of carbonyl (C=O) groups excluding carboxylic acids is 1. The first-order valence-corrected chi connectivity index (χ1v) is 10.1. The fourth-order valence-electron chi connectivity index (χ4n) is 4.27. The Morgan fingerprint density at radius 2 is 2.10 bits per heavy atom. The largest absolute Gasteiger partial charge is 0.478 e. The molecule has 154 valence electrons. The molecule has 0 unspecified atom stereocenters. The maximum atomic E-state index is 13.2. The molecule has 5 rings (SSSR count). The average Bonchev–Trinajstić information content (AvgIpc) is 3.25. The van der Waals surface area contributed by atoms with E-state index < -0.39 is 0 Å². The van der Waals surface area contributed by atoms with E-state index in [2.05, 4.69) is 21.6 Å². The zero-order valence-corrected chi connectivity index (χ0v) is 17.4. The molecule has 3 aromatic rings. The van der Waals surface area contributed by atoms with Crippen LogP contribution in [0, 0.1) is 6.92 Å². The van der Waals surface area contributed by atoms with Crippen LogP contribution in [0.4, 0.5) is 0 Å². The van der Waals surface area contributed by atoms with Crippen molar-refractivity contribution in [3.8, 4) is 11.5 Å². The first-order chi connectivity index (χ1) is 14.6. The van der Waals surface area contributed by atoms with E-state index in [1.54, 1.807) is 7.11 Å². The molecule has 2 aliphatic rings. The van der Waals surface area contributed by atoms with Crippen molar-refractivity contribution in [1.29, 1.82) is 0 Å². The molecule has 0 aliphatic carbocycles. The second kappa shape index (κ2) is 7.31. The lowest BCUT2D eigenvalue weighted by molar-refractivity contribution is 0.0646. The normalized spacial score (nSPS) is 17.2. The van der Waals surface area contributed by atoms with E-state index in [9.17, 15) is 4.79 Å². The van der Waals surface area contributed by atoms with E-state index in [1.165, 1.54) is 0 Å². The van der Waals surface area contributed by atoms with Crippen molar-refractivity contribution in [2.75, 3.05) is 27.0 Å². The monoisotopic (exact) mass is 404 g/mol. The molecule has 6 nitrogen and oxygen atoms in total. The maximum Gasteiger partial charge on any atom is 0.232 e. The Balaban J connectivity index is 1.54. The minimum atomic E-state index is -0.0766. The van der Waals surface area contributed by atoms with E-state index in [0.29, 0.717) is 37.0 Å². The number of ether oxygens (including phenoxy) is 3. The van der Waals surface area contributed by atoms with Crippen molar-refractivity contribution in [2.24, 2.45) is 7.05 Å². The average molecular weight is 404 g/mol. The zero-order valence-electron chi connectivity index (χ0n) is 17.4. The number of hydrogen-bond acceptors (Lipinski definition) is 5. The molecule has 2 aliphatic heterocycles. The fraction of sp³-hybridized carbons (Fsp3) is 0.292. The van der Waals surface area contributed by atoms with Gasteiger partial charge in [0, 0.05) is 49.9 Å². The smallest absolute Gasteiger partial charge is 0.232 e. The van der Waals surface area contributed by atoms with Gasteiger partial charge in [0.2, 0.25) is 5.78 Å². The predicted molar refractivity (Wildman–Crippen MR) is 115 cm³/mol. The van der Waals surface area contributed by atoms with Crippen LogP contribution in [-0.4, -0.2) is 42.2 Å². The van der Waals surface area contributed by atoms with Gasteiger partial charge < -0.3 is 18.8 Å². The van der Waals surface area contributed by atoms with Crippen LogP contribution in [-0.2, 0) is 18.3 Å². The van der Waals surface area contributed by atoms with E-state index in [0.717, 1.165) is 39.9 Å². The number of benzene rings is 2. The van der Waals surface area contributed by atoms with Gasteiger partial charge in [-0.2, -0.15) is 0 Å². The molecule has 0 N–H and O–H groups in total. The molecule has 0 atom stereocenters. The molecule has 30 heavy (non-hydrogen) atoms. The number of allylic oxidation sites excluding steroid dienone is 1. The summed E-state index contributed by atoms with van der Waals surface area (Å²) in [5.74, 6) is 1.70. The number of ketones is 1. The number of fused-ring (bicyclic) bond motifs is 4. The highest BCUT2D eigenvalue weighted by Crippen LogP contribution is 2.44. The third-order valence-electron chi connectivity index (χ3n) is 5.81. The molecule has 0 saturated carbocycles. The number of para-hydroxylation sites is 1. The zero-order chi connectivity index (χ0) is 20.8. The van der Waals surface area contributed by atoms with Crippen LogP contribution in [0.2, 0.25) is 0 Å². The van der Waals surface area contributed by atoms with Gasteiger partial charge in [0.15, 0.2) is 5.76 Å². The quantitative estimate of drug-likeness (QED) is 0.618. The van der Waals surface area contributed by atoms with E-state index in [4.69, 9.17) is 14.2 Å². The first kappa shape index (κ1) is 18.9. The molecule has 0 radical (unpaired) electrons. The first-order valence-electron chi connectivity index (χ1n) is 10.1. The molecule has 2 aromatic carbocycles. The van der Waals surface area contributed by atoms with Crippen molar-refractivity contribution < 1.29 is 19.0 Å². The Kier molecular flexibility index (Phi) is 4.60. The number of nitrogens with zero attached hydrogens (tertiary/aromatic N) is 2. The van der Waals surface area contributed by atoms with Crippen LogP contribution < -0.4 is 9.47 Å². The van der Waals surface area contributed by atoms with Gasteiger partial charge >= 0.3 is 0 Å². The third kappa shape index (κ3) is 3.00. The topological polar surface area (TPSA) is 52.9 Å². The van der Waals surface area contributed by atoms with Crippen molar-refractivity contribution in [3.05, 3.63) is 64.5 Å². The molecular weight excluding hydrogens is 380 g/mol. The second-order valence-corrected chi connectivity index (χ2v) is 7.85. The number of hydrogen-bond donors (Lipinski definition) is 0. The Bertz CT molecular complexity index is 1190. The molecule has 0 amide bonds. The number of aryl methyl sites for hydroxylation is 2. The van der Waals surface area contributed by atoms with E-state index in [-0.39, 0.29) is 5.78 Å². The van der Waals surface area contributed by atoms with Gasteiger partial charge in [-0.25, -0.2) is 0 Å². The number of aromatic nitrogens is 1. The second-order valence-electron chi connectivity index (χ2n) is 7.85.